The maximum atomic E-state index is 13.8. The zero-order chi connectivity index (χ0) is 14.0. The van der Waals surface area contributed by atoms with E-state index < -0.39 is 0 Å². The van der Waals surface area contributed by atoms with Gasteiger partial charge in [0.25, 0.3) is 0 Å². The summed E-state index contributed by atoms with van der Waals surface area (Å²) in [4.78, 5) is 0. The van der Waals surface area contributed by atoms with Crippen LogP contribution in [0.15, 0.2) is 35.1 Å². The topological polar surface area (TPSA) is 29.9 Å². The smallest absolute Gasteiger partial charge is 0.128 e. The zero-order valence-corrected chi connectivity index (χ0v) is 12.8. The number of hydrogen-bond donors (Lipinski definition) is 1. The molecule has 1 aromatic carbocycles. The minimum Gasteiger partial charge on any atom is -0.303 e. The molecule has 0 aliphatic carbocycles. The van der Waals surface area contributed by atoms with Gasteiger partial charge in [0.2, 0.25) is 0 Å². The van der Waals surface area contributed by atoms with Crippen molar-refractivity contribution in [3.8, 4) is 0 Å². The predicted molar refractivity (Wildman–Crippen MR) is 77.3 cm³/mol. The van der Waals surface area contributed by atoms with Gasteiger partial charge < -0.3 is 5.32 Å². The Bertz CT molecular complexity index is 568. The van der Waals surface area contributed by atoms with Crippen LogP contribution in [0.5, 0.6) is 0 Å². The van der Waals surface area contributed by atoms with Gasteiger partial charge in [-0.05, 0) is 32.0 Å². The van der Waals surface area contributed by atoms with Crippen LogP contribution < -0.4 is 5.32 Å². The van der Waals surface area contributed by atoms with E-state index in [-0.39, 0.29) is 17.9 Å². The summed E-state index contributed by atoms with van der Waals surface area (Å²) < 4.78 is 16.4. The maximum absolute atomic E-state index is 13.8. The van der Waals surface area contributed by atoms with Crippen LogP contribution in [0.4, 0.5) is 4.39 Å². The quantitative estimate of drug-likeness (QED) is 0.928. The fourth-order valence-electron chi connectivity index (χ4n) is 2.07. The summed E-state index contributed by atoms with van der Waals surface area (Å²) in [5, 5.41) is 7.52. The number of benzene rings is 1. The molecule has 2 aromatic rings. The highest BCUT2D eigenvalue weighted by molar-refractivity contribution is 9.10. The van der Waals surface area contributed by atoms with Crippen LogP contribution in [0.25, 0.3) is 0 Å². The van der Waals surface area contributed by atoms with Crippen molar-refractivity contribution in [2.24, 2.45) is 7.05 Å². The highest BCUT2D eigenvalue weighted by atomic mass is 79.9. The molecule has 1 heterocycles. The van der Waals surface area contributed by atoms with E-state index >= 15 is 0 Å². The maximum Gasteiger partial charge on any atom is 0.128 e. The summed E-state index contributed by atoms with van der Waals surface area (Å²) in [5.74, 6) is -0.193. The fraction of sp³-hybridized carbons (Fsp3) is 0.357. The van der Waals surface area contributed by atoms with Crippen molar-refractivity contribution in [2.45, 2.75) is 25.9 Å². The van der Waals surface area contributed by atoms with Crippen molar-refractivity contribution < 1.29 is 4.39 Å². The summed E-state index contributed by atoms with van der Waals surface area (Å²) in [6.45, 7) is 4.00. The molecule has 0 saturated heterocycles. The fourth-order valence-corrected chi connectivity index (χ4v) is 2.45. The van der Waals surface area contributed by atoms with Gasteiger partial charge in [-0.2, -0.15) is 5.10 Å². The summed E-state index contributed by atoms with van der Waals surface area (Å²) in [5.41, 5.74) is 1.75. The summed E-state index contributed by atoms with van der Waals surface area (Å²) in [6, 6.07) is 5.03. The molecule has 3 nitrogen and oxygen atoms in total. The van der Waals surface area contributed by atoms with Gasteiger partial charge in [0, 0.05) is 40.9 Å². The van der Waals surface area contributed by atoms with E-state index in [0.717, 1.165) is 10.0 Å². The van der Waals surface area contributed by atoms with E-state index in [1.807, 2.05) is 39.4 Å². The molecule has 0 radical (unpaired) electrons. The largest absolute Gasteiger partial charge is 0.303 e. The highest BCUT2D eigenvalue weighted by Gasteiger charge is 2.15. The Morgan fingerprint density at radius 3 is 2.68 bits per heavy atom. The Hall–Kier alpha value is -1.20. The molecule has 0 fully saturated rings. The average molecular weight is 326 g/mol. The van der Waals surface area contributed by atoms with Gasteiger partial charge >= 0.3 is 0 Å². The summed E-state index contributed by atoms with van der Waals surface area (Å²) >= 11 is 3.37. The van der Waals surface area contributed by atoms with Gasteiger partial charge in [-0.15, -0.1) is 0 Å². The second-order valence-corrected chi connectivity index (χ2v) is 5.64. The van der Waals surface area contributed by atoms with Crippen molar-refractivity contribution in [2.75, 3.05) is 0 Å². The standard InChI is InChI=1S/C14H17BrFN3/c1-9(11-7-17-19(3)8-11)18-10(2)13-6-12(15)4-5-14(13)16/h4-10,18H,1-3H3. The molecule has 1 N–H and O–H groups in total. The minimum atomic E-state index is -0.193. The van der Waals surface area contributed by atoms with Crippen LogP contribution in [0.3, 0.4) is 0 Å². The molecule has 5 heteroatoms. The van der Waals surface area contributed by atoms with E-state index in [0.29, 0.717) is 5.56 Å². The lowest BCUT2D eigenvalue weighted by atomic mass is 10.1. The van der Waals surface area contributed by atoms with Crippen molar-refractivity contribution in [1.29, 1.82) is 0 Å². The Kier molecular flexibility index (Phi) is 4.37. The number of halogens is 2. The molecule has 102 valence electrons. The average Bonchev–Trinajstić information content (AvgIpc) is 2.79. The first-order valence-electron chi connectivity index (χ1n) is 6.17. The Balaban J connectivity index is 2.12. The molecule has 2 unspecified atom stereocenters. The van der Waals surface area contributed by atoms with Crippen molar-refractivity contribution in [3.05, 3.63) is 52.0 Å². The van der Waals surface area contributed by atoms with E-state index in [1.54, 1.807) is 10.7 Å². The third-order valence-electron chi connectivity index (χ3n) is 3.15. The lowest BCUT2D eigenvalue weighted by molar-refractivity contribution is 0.473. The van der Waals surface area contributed by atoms with E-state index in [9.17, 15) is 4.39 Å². The van der Waals surface area contributed by atoms with Gasteiger partial charge in [-0.3, -0.25) is 4.68 Å². The molecule has 0 spiro atoms. The van der Waals surface area contributed by atoms with Crippen LogP contribution in [-0.2, 0) is 7.05 Å². The van der Waals surface area contributed by atoms with Crippen LogP contribution in [0.1, 0.15) is 37.1 Å². The number of rotatable bonds is 4. The number of nitrogens with one attached hydrogen (secondary N) is 1. The highest BCUT2D eigenvalue weighted by Crippen LogP contribution is 2.24. The zero-order valence-electron chi connectivity index (χ0n) is 11.2. The van der Waals surface area contributed by atoms with Gasteiger partial charge in [-0.25, -0.2) is 4.39 Å². The summed E-state index contributed by atoms with van der Waals surface area (Å²) in [7, 11) is 1.88. The molecule has 1 aromatic heterocycles. The molecule has 0 aliphatic heterocycles. The van der Waals surface area contributed by atoms with Crippen LogP contribution in [-0.4, -0.2) is 9.78 Å². The molecular formula is C14H17BrFN3. The molecule has 19 heavy (non-hydrogen) atoms. The Morgan fingerprint density at radius 1 is 1.32 bits per heavy atom. The summed E-state index contributed by atoms with van der Waals surface area (Å²) in [6.07, 6.45) is 3.78. The first kappa shape index (κ1) is 14.2. The molecule has 2 atom stereocenters. The van der Waals surface area contributed by atoms with Gasteiger partial charge in [0.15, 0.2) is 0 Å². The first-order chi connectivity index (χ1) is 8.97. The third kappa shape index (κ3) is 3.42. The van der Waals surface area contributed by atoms with E-state index in [2.05, 4.69) is 26.3 Å². The number of nitrogens with zero attached hydrogens (tertiary/aromatic N) is 2. The van der Waals surface area contributed by atoms with Crippen LogP contribution in [0, 0.1) is 5.82 Å². The Labute approximate surface area is 121 Å². The monoisotopic (exact) mass is 325 g/mol. The number of aryl methyl sites for hydroxylation is 1. The lowest BCUT2D eigenvalue weighted by Crippen LogP contribution is -2.23. The van der Waals surface area contributed by atoms with Gasteiger partial charge in [-0.1, -0.05) is 15.9 Å². The molecular weight excluding hydrogens is 309 g/mol. The SMILES string of the molecule is CC(NC(C)c1cc(Br)ccc1F)c1cnn(C)c1. The van der Waals surface area contributed by atoms with Crippen LogP contribution in [0.2, 0.25) is 0 Å². The van der Waals surface area contributed by atoms with Gasteiger partial charge in [0.1, 0.15) is 5.82 Å². The minimum absolute atomic E-state index is 0.0762. The number of hydrogen-bond acceptors (Lipinski definition) is 2. The van der Waals surface area contributed by atoms with Crippen molar-refractivity contribution >= 4 is 15.9 Å². The van der Waals surface area contributed by atoms with E-state index in [4.69, 9.17) is 0 Å². The van der Waals surface area contributed by atoms with Crippen molar-refractivity contribution in [3.63, 3.8) is 0 Å². The van der Waals surface area contributed by atoms with Crippen molar-refractivity contribution in [1.82, 2.24) is 15.1 Å². The van der Waals surface area contributed by atoms with Gasteiger partial charge in [0.05, 0.1) is 6.20 Å². The third-order valence-corrected chi connectivity index (χ3v) is 3.64. The molecule has 0 bridgehead atoms. The molecule has 0 amide bonds. The molecule has 0 aliphatic rings. The second kappa shape index (κ2) is 5.84. The molecule has 0 saturated carbocycles. The van der Waals surface area contributed by atoms with E-state index in [1.165, 1.54) is 6.07 Å². The lowest BCUT2D eigenvalue weighted by Gasteiger charge is -2.20. The number of aromatic nitrogens is 2. The van der Waals surface area contributed by atoms with Crippen LogP contribution >= 0.6 is 15.9 Å². The molecule has 2 rings (SSSR count). The second-order valence-electron chi connectivity index (χ2n) is 4.72. The predicted octanol–water partition coefficient (Wildman–Crippen LogP) is 3.73. The first-order valence-corrected chi connectivity index (χ1v) is 6.96. The Morgan fingerprint density at radius 2 is 2.05 bits per heavy atom. The normalized spacial score (nSPS) is 14.4.